The molecule has 0 amide bonds. The summed E-state index contributed by atoms with van der Waals surface area (Å²) in [5, 5.41) is -0.0424. The summed E-state index contributed by atoms with van der Waals surface area (Å²) in [6.07, 6.45) is -1.31. The van der Waals surface area contributed by atoms with E-state index < -0.39 is 11.7 Å². The second-order valence-electron chi connectivity index (χ2n) is 6.76. The molecule has 0 spiro atoms. The van der Waals surface area contributed by atoms with E-state index in [2.05, 4.69) is 11.9 Å². The number of carbonyl (C=O) groups is 1. The molecule has 3 rings (SSSR count). The van der Waals surface area contributed by atoms with Crippen LogP contribution >= 0.6 is 0 Å². The molecule has 0 radical (unpaired) electrons. The lowest BCUT2D eigenvalue weighted by Crippen LogP contribution is -2.24. The van der Waals surface area contributed by atoms with Gasteiger partial charge < -0.3 is 4.74 Å². The van der Waals surface area contributed by atoms with Gasteiger partial charge in [0, 0.05) is 12.3 Å². The Hall–Kier alpha value is -2.11. The number of hydrogen-bond acceptors (Lipinski definition) is 3. The van der Waals surface area contributed by atoms with Crippen LogP contribution in [0.3, 0.4) is 0 Å². The van der Waals surface area contributed by atoms with E-state index in [9.17, 15) is 18.0 Å². The highest BCUT2D eigenvalue weighted by Crippen LogP contribution is 2.42. The smallest absolute Gasteiger partial charge is 0.420 e. The van der Waals surface area contributed by atoms with Crippen molar-refractivity contribution >= 4 is 16.7 Å². The van der Waals surface area contributed by atoms with Crippen molar-refractivity contribution in [2.75, 3.05) is 0 Å². The normalized spacial score (nSPS) is 21.3. The van der Waals surface area contributed by atoms with Crippen LogP contribution in [0.15, 0.2) is 24.3 Å². The van der Waals surface area contributed by atoms with Gasteiger partial charge in [-0.25, -0.2) is 4.98 Å². The first-order valence-corrected chi connectivity index (χ1v) is 8.44. The van der Waals surface area contributed by atoms with Gasteiger partial charge in [0.2, 0.25) is 0 Å². The second kappa shape index (κ2) is 6.65. The third-order valence-corrected chi connectivity index (χ3v) is 4.73. The summed E-state index contributed by atoms with van der Waals surface area (Å²) in [7, 11) is 0. The van der Waals surface area contributed by atoms with Crippen molar-refractivity contribution in [3.8, 4) is 5.75 Å². The molecule has 6 heteroatoms. The highest BCUT2D eigenvalue weighted by molar-refractivity contribution is 5.95. The molecule has 3 nitrogen and oxygen atoms in total. The first-order valence-electron chi connectivity index (χ1n) is 8.44. The number of ketones is 1. The molecular formula is C19H20F3NO2. The molecule has 1 aliphatic carbocycles. The van der Waals surface area contributed by atoms with Crippen LogP contribution < -0.4 is 4.74 Å². The van der Waals surface area contributed by atoms with Gasteiger partial charge in [-0.05, 0) is 55.9 Å². The number of alkyl halides is 3. The number of halogens is 3. The lowest BCUT2D eigenvalue weighted by atomic mass is 9.89. The Bertz CT molecular complexity index is 793. The Kier molecular flexibility index (Phi) is 4.71. The molecule has 1 heterocycles. The van der Waals surface area contributed by atoms with Crippen molar-refractivity contribution in [3.63, 3.8) is 0 Å². The van der Waals surface area contributed by atoms with E-state index >= 15 is 0 Å². The van der Waals surface area contributed by atoms with Gasteiger partial charge in [0.05, 0.1) is 11.6 Å². The molecule has 134 valence electrons. The molecular weight excluding hydrogens is 331 g/mol. The van der Waals surface area contributed by atoms with Gasteiger partial charge in [0.25, 0.3) is 0 Å². The van der Waals surface area contributed by atoms with Crippen LogP contribution in [0, 0.1) is 5.92 Å². The maximum atomic E-state index is 13.7. The Morgan fingerprint density at radius 2 is 1.80 bits per heavy atom. The molecule has 0 unspecified atom stereocenters. The fourth-order valence-corrected chi connectivity index (χ4v) is 3.30. The van der Waals surface area contributed by atoms with Gasteiger partial charge in [-0.2, -0.15) is 13.2 Å². The topological polar surface area (TPSA) is 39.2 Å². The Morgan fingerprint density at radius 1 is 1.12 bits per heavy atom. The summed E-state index contributed by atoms with van der Waals surface area (Å²) in [5.74, 6) is 0.150. The summed E-state index contributed by atoms with van der Waals surface area (Å²) < 4.78 is 46.8. The molecule has 0 saturated heterocycles. The molecule has 1 aromatic heterocycles. The third-order valence-electron chi connectivity index (χ3n) is 4.73. The minimum Gasteiger partial charge on any atom is -0.490 e. The molecule has 0 bridgehead atoms. The zero-order chi connectivity index (χ0) is 18.2. The summed E-state index contributed by atoms with van der Waals surface area (Å²) in [6.45, 7) is 3.48. The third kappa shape index (κ3) is 3.78. The van der Waals surface area contributed by atoms with E-state index in [0.29, 0.717) is 5.92 Å². The summed E-state index contributed by atoms with van der Waals surface area (Å²) >= 11 is 0. The Balaban J connectivity index is 2.03. The van der Waals surface area contributed by atoms with Crippen LogP contribution in [-0.4, -0.2) is 16.9 Å². The van der Waals surface area contributed by atoms with Crippen LogP contribution in [-0.2, 0) is 6.18 Å². The number of carbonyl (C=O) groups excluding carboxylic acids is 1. The number of benzene rings is 1. The predicted molar refractivity (Wildman–Crippen MR) is 88.8 cm³/mol. The Morgan fingerprint density at radius 3 is 2.40 bits per heavy atom. The molecule has 1 saturated carbocycles. The van der Waals surface area contributed by atoms with Gasteiger partial charge in [-0.15, -0.1) is 0 Å². The largest absolute Gasteiger partial charge is 0.490 e. The molecule has 2 aromatic rings. The van der Waals surface area contributed by atoms with Crippen LogP contribution in [0.1, 0.15) is 55.6 Å². The number of ether oxygens (including phenoxy) is 1. The van der Waals surface area contributed by atoms with Crippen molar-refractivity contribution in [3.05, 3.63) is 35.5 Å². The fourth-order valence-electron chi connectivity index (χ4n) is 3.30. The maximum absolute atomic E-state index is 13.7. The number of pyridine rings is 1. The second-order valence-corrected chi connectivity index (χ2v) is 6.76. The van der Waals surface area contributed by atoms with Gasteiger partial charge in [-0.3, -0.25) is 4.79 Å². The van der Waals surface area contributed by atoms with E-state index in [1.165, 1.54) is 31.2 Å². The summed E-state index contributed by atoms with van der Waals surface area (Å²) in [4.78, 5) is 15.5. The van der Waals surface area contributed by atoms with Crippen LogP contribution in [0.2, 0.25) is 0 Å². The molecule has 0 N–H and O–H groups in total. The van der Waals surface area contributed by atoms with Gasteiger partial charge >= 0.3 is 6.18 Å². The molecule has 1 aromatic carbocycles. The van der Waals surface area contributed by atoms with E-state index in [0.717, 1.165) is 25.7 Å². The monoisotopic (exact) mass is 351 g/mol. The highest BCUT2D eigenvalue weighted by atomic mass is 19.4. The molecule has 25 heavy (non-hydrogen) atoms. The quantitative estimate of drug-likeness (QED) is 0.694. The number of nitrogens with zero attached hydrogens (tertiary/aromatic N) is 1. The minimum atomic E-state index is -4.56. The van der Waals surface area contributed by atoms with Crippen molar-refractivity contribution in [2.45, 2.75) is 51.8 Å². The number of rotatable bonds is 3. The van der Waals surface area contributed by atoms with Crippen molar-refractivity contribution in [1.29, 1.82) is 0 Å². The molecule has 1 aliphatic rings. The highest BCUT2D eigenvalue weighted by Gasteiger charge is 2.37. The first-order chi connectivity index (χ1) is 11.8. The number of aromatic nitrogens is 1. The van der Waals surface area contributed by atoms with E-state index in [4.69, 9.17) is 4.74 Å². The fraction of sp³-hybridized carbons (Fsp3) is 0.474. The molecule has 0 aliphatic heterocycles. The van der Waals surface area contributed by atoms with Crippen LogP contribution in [0.4, 0.5) is 13.2 Å². The average Bonchev–Trinajstić information content (AvgIpc) is 2.55. The Labute approximate surface area is 144 Å². The molecule has 1 fully saturated rings. The van der Waals surface area contributed by atoms with E-state index in [1.807, 2.05) is 0 Å². The van der Waals surface area contributed by atoms with Gasteiger partial charge in [0.15, 0.2) is 5.78 Å². The van der Waals surface area contributed by atoms with Crippen LogP contribution in [0.5, 0.6) is 5.75 Å². The zero-order valence-corrected chi connectivity index (χ0v) is 14.2. The summed E-state index contributed by atoms with van der Waals surface area (Å²) in [6, 6.07) is 5.43. The number of Topliss-reactive ketones (excluding diaryl/α,β-unsaturated/α-hetero) is 1. The van der Waals surface area contributed by atoms with E-state index in [1.54, 1.807) is 0 Å². The van der Waals surface area contributed by atoms with Crippen LogP contribution in [0.25, 0.3) is 10.9 Å². The number of hydrogen-bond donors (Lipinski definition) is 0. The predicted octanol–water partition coefficient (Wildman–Crippen LogP) is 5.41. The number of fused-ring (bicyclic) bond motifs is 1. The van der Waals surface area contributed by atoms with Gasteiger partial charge in [-0.1, -0.05) is 6.92 Å². The summed E-state index contributed by atoms with van der Waals surface area (Å²) in [5.41, 5.74) is -0.522. The molecule has 0 atom stereocenters. The maximum Gasteiger partial charge on any atom is 0.420 e. The SMILES string of the molecule is CC(=O)c1ccc2c(C(F)(F)F)c(O[C@H]3CC[C@@H](C)CC3)ccc2n1. The van der Waals surface area contributed by atoms with E-state index in [-0.39, 0.29) is 34.2 Å². The van der Waals surface area contributed by atoms with Crippen molar-refractivity contribution < 1.29 is 22.7 Å². The van der Waals surface area contributed by atoms with Gasteiger partial charge in [0.1, 0.15) is 17.0 Å². The van der Waals surface area contributed by atoms with Crippen molar-refractivity contribution in [1.82, 2.24) is 4.98 Å². The minimum absolute atomic E-state index is 0.0424. The zero-order valence-electron chi connectivity index (χ0n) is 14.2. The first kappa shape index (κ1) is 17.7. The lowest BCUT2D eigenvalue weighted by molar-refractivity contribution is -0.138. The lowest BCUT2D eigenvalue weighted by Gasteiger charge is -2.28. The average molecular weight is 351 g/mol. The standard InChI is InChI=1S/C19H20F3NO2/c1-11-3-5-13(6-4-11)25-17-10-9-16-14(18(17)19(20,21)22)7-8-15(23-16)12(2)24/h7-11,13H,3-6H2,1-2H3/t11-,13+. The van der Waals surface area contributed by atoms with Crippen molar-refractivity contribution in [2.24, 2.45) is 5.92 Å².